The molecule has 0 unspecified atom stereocenters. The largest absolute Gasteiger partial charge is 0.490 e. The van der Waals surface area contributed by atoms with Crippen LogP contribution in [0.15, 0.2) is 48.6 Å². The summed E-state index contributed by atoms with van der Waals surface area (Å²) in [6, 6.07) is 11.5. The van der Waals surface area contributed by atoms with Gasteiger partial charge in [0.05, 0.1) is 25.0 Å². The molecule has 1 amide bonds. The zero-order valence-corrected chi connectivity index (χ0v) is 28.0. The van der Waals surface area contributed by atoms with Crippen LogP contribution in [0.5, 0.6) is 5.75 Å². The van der Waals surface area contributed by atoms with E-state index in [-0.39, 0.29) is 29.6 Å². The number of methoxy groups -OCH3 is 1. The third-order valence-electron chi connectivity index (χ3n) is 10.5. The lowest BCUT2D eigenvalue weighted by Gasteiger charge is -2.46. The molecule has 0 saturated heterocycles. The van der Waals surface area contributed by atoms with Crippen LogP contribution in [0.25, 0.3) is 0 Å². The molecule has 1 saturated carbocycles. The molecule has 4 aliphatic rings. The molecule has 244 valence electrons. The molecule has 1 spiro atoms. The van der Waals surface area contributed by atoms with Gasteiger partial charge in [-0.1, -0.05) is 36.7 Å². The zero-order valence-electron chi connectivity index (χ0n) is 26.5. The van der Waals surface area contributed by atoms with Crippen molar-refractivity contribution in [2.75, 3.05) is 44.9 Å². The highest BCUT2D eigenvalue weighted by Crippen LogP contribution is 2.47. The molecule has 6 rings (SSSR count). The highest BCUT2D eigenvalue weighted by molar-refractivity contribution is 7.90. The number of nitrogens with zero attached hydrogens (tertiary/aromatic N) is 1. The molecular weight excluding hydrogens is 612 g/mol. The lowest BCUT2D eigenvalue weighted by molar-refractivity contribution is 0.0131. The molecule has 0 aromatic heterocycles. The number of carbonyl (C=O) groups excluding carboxylic acids is 1. The number of rotatable bonds is 4. The molecule has 45 heavy (non-hydrogen) atoms. The molecule has 10 heteroatoms. The van der Waals surface area contributed by atoms with Gasteiger partial charge in [-0.05, 0) is 105 Å². The van der Waals surface area contributed by atoms with Crippen molar-refractivity contribution in [3.05, 3.63) is 70.3 Å². The summed E-state index contributed by atoms with van der Waals surface area (Å²) in [4.78, 5) is 16.0. The minimum Gasteiger partial charge on any atom is -0.490 e. The third kappa shape index (κ3) is 6.51. The van der Waals surface area contributed by atoms with Crippen LogP contribution >= 0.6 is 11.6 Å². The summed E-state index contributed by atoms with van der Waals surface area (Å²) >= 11 is 6.42. The normalized spacial score (nSPS) is 31.9. The van der Waals surface area contributed by atoms with Gasteiger partial charge < -0.3 is 19.1 Å². The number of amides is 1. The standard InChI is InChI=1S/C35H45ClN2O6S/c1-4-43-20-33-23(2)7-5-9-31(42-3)28-13-10-26(28)19-38-21-35(16-6-8-24-17-27(36)12-14-29(24)35)22-44-32-15-11-25(18-30(32)38)34(39)37-45(33,40)41/h5,9,11-12,14-15,17-18,23,26,28,31,33H,4,6-8,10,13,16,19-22H2,1-3H3,(H,37,39)/b9-5-/t23-,26-,28+,31-,33+,35-/m0/s1. The second-order valence-electron chi connectivity index (χ2n) is 13.3. The molecule has 1 fully saturated rings. The molecular formula is C35H45ClN2O6S. The van der Waals surface area contributed by atoms with Gasteiger partial charge in [-0.3, -0.25) is 4.79 Å². The van der Waals surface area contributed by atoms with Crippen molar-refractivity contribution in [2.45, 2.75) is 69.1 Å². The first-order valence-corrected chi connectivity index (χ1v) is 18.2. The summed E-state index contributed by atoms with van der Waals surface area (Å²) in [6.45, 7) is 6.14. The number of fused-ring (bicyclic) bond motifs is 4. The fourth-order valence-corrected chi connectivity index (χ4v) is 9.55. The lowest BCUT2D eigenvalue weighted by Crippen LogP contribution is -2.49. The number of hydrogen-bond donors (Lipinski definition) is 1. The van der Waals surface area contributed by atoms with E-state index in [2.05, 4.69) is 27.8 Å². The van der Waals surface area contributed by atoms with Gasteiger partial charge in [0.2, 0.25) is 10.0 Å². The van der Waals surface area contributed by atoms with Crippen LogP contribution in [0.3, 0.4) is 0 Å². The Bertz CT molecular complexity index is 1550. The fraction of sp³-hybridized carbons (Fsp3) is 0.571. The zero-order chi connectivity index (χ0) is 31.8. The Balaban J connectivity index is 1.42. The van der Waals surface area contributed by atoms with E-state index in [0.29, 0.717) is 37.2 Å². The Morgan fingerprint density at radius 3 is 2.78 bits per heavy atom. The number of halogens is 1. The van der Waals surface area contributed by atoms with Crippen LogP contribution in [0.2, 0.25) is 5.02 Å². The highest BCUT2D eigenvalue weighted by atomic mass is 35.5. The van der Waals surface area contributed by atoms with Crippen molar-refractivity contribution in [2.24, 2.45) is 17.8 Å². The predicted octanol–water partition coefficient (Wildman–Crippen LogP) is 5.92. The monoisotopic (exact) mass is 656 g/mol. The summed E-state index contributed by atoms with van der Waals surface area (Å²) in [5.41, 5.74) is 3.41. The van der Waals surface area contributed by atoms with E-state index in [1.807, 2.05) is 32.1 Å². The van der Waals surface area contributed by atoms with Crippen molar-refractivity contribution in [1.29, 1.82) is 0 Å². The molecule has 0 radical (unpaired) electrons. The average molecular weight is 657 g/mol. The number of nitrogens with one attached hydrogen (secondary N) is 1. The first-order valence-electron chi connectivity index (χ1n) is 16.3. The molecule has 2 aliphatic heterocycles. The molecule has 2 aromatic rings. The number of anilines is 1. The summed E-state index contributed by atoms with van der Waals surface area (Å²) in [5.74, 6) is 0.512. The molecule has 2 aromatic carbocycles. The Hall–Kier alpha value is -2.59. The number of carbonyl (C=O) groups is 1. The second-order valence-corrected chi connectivity index (χ2v) is 15.6. The van der Waals surface area contributed by atoms with Gasteiger partial charge in [0.15, 0.2) is 0 Å². The first kappa shape index (κ1) is 32.4. The van der Waals surface area contributed by atoms with E-state index < -0.39 is 21.2 Å². The summed E-state index contributed by atoms with van der Waals surface area (Å²) in [5, 5.41) is -0.148. The molecule has 1 N–H and O–H groups in total. The molecule has 2 bridgehead atoms. The van der Waals surface area contributed by atoms with Gasteiger partial charge in [0.1, 0.15) is 11.0 Å². The fourth-order valence-electron chi connectivity index (χ4n) is 7.83. The van der Waals surface area contributed by atoms with E-state index in [4.69, 9.17) is 25.8 Å². The van der Waals surface area contributed by atoms with Gasteiger partial charge in [-0.25, -0.2) is 13.1 Å². The maximum atomic E-state index is 13.6. The van der Waals surface area contributed by atoms with Crippen molar-refractivity contribution < 1.29 is 27.4 Å². The maximum Gasteiger partial charge on any atom is 0.264 e. The molecule has 2 aliphatic carbocycles. The van der Waals surface area contributed by atoms with Crippen molar-refractivity contribution in [1.82, 2.24) is 4.72 Å². The Morgan fingerprint density at radius 2 is 2.02 bits per heavy atom. The second kappa shape index (κ2) is 13.3. The maximum absolute atomic E-state index is 13.6. The Kier molecular flexibility index (Phi) is 9.53. The predicted molar refractivity (Wildman–Crippen MR) is 177 cm³/mol. The smallest absolute Gasteiger partial charge is 0.264 e. The van der Waals surface area contributed by atoms with Gasteiger partial charge in [-0.15, -0.1) is 0 Å². The van der Waals surface area contributed by atoms with E-state index in [1.165, 1.54) is 11.1 Å². The van der Waals surface area contributed by atoms with Gasteiger partial charge >= 0.3 is 0 Å². The summed E-state index contributed by atoms with van der Waals surface area (Å²) in [6.07, 6.45) is 9.76. The van der Waals surface area contributed by atoms with E-state index in [0.717, 1.165) is 55.9 Å². The Morgan fingerprint density at radius 1 is 1.18 bits per heavy atom. The summed E-state index contributed by atoms with van der Waals surface area (Å²) in [7, 11) is -2.29. The van der Waals surface area contributed by atoms with Crippen LogP contribution in [-0.2, 0) is 31.3 Å². The topological polar surface area (TPSA) is 94.2 Å². The van der Waals surface area contributed by atoms with Crippen molar-refractivity contribution >= 4 is 33.2 Å². The Labute approximate surface area is 272 Å². The summed E-state index contributed by atoms with van der Waals surface area (Å²) < 4.78 is 47.8. The molecule has 2 heterocycles. The third-order valence-corrected chi connectivity index (χ3v) is 12.6. The number of hydrogen-bond acceptors (Lipinski definition) is 7. The van der Waals surface area contributed by atoms with Crippen LogP contribution in [0.1, 0.15) is 67.4 Å². The molecule has 6 atom stereocenters. The van der Waals surface area contributed by atoms with Gasteiger partial charge in [0.25, 0.3) is 5.91 Å². The van der Waals surface area contributed by atoms with E-state index in [9.17, 15) is 13.2 Å². The van der Waals surface area contributed by atoms with Gasteiger partial charge in [0, 0.05) is 42.8 Å². The van der Waals surface area contributed by atoms with Crippen LogP contribution < -0.4 is 14.4 Å². The number of aryl methyl sites for hydroxylation is 1. The SMILES string of the molecule is CCOC[C@@H]1[C@@H](C)C/C=C\[C@H](OC)[C@@H]2CC[C@H]2CN2C[C@@]3(CCCc4cc(Cl)ccc43)COc3ccc(cc32)C(=O)NS1(=O)=O. The van der Waals surface area contributed by atoms with E-state index in [1.54, 1.807) is 19.2 Å². The van der Waals surface area contributed by atoms with Crippen molar-refractivity contribution in [3.63, 3.8) is 0 Å². The number of sulfonamides is 1. The lowest BCUT2D eigenvalue weighted by atomic mass is 9.68. The van der Waals surface area contributed by atoms with Crippen LogP contribution in [0, 0.1) is 17.8 Å². The van der Waals surface area contributed by atoms with Crippen LogP contribution in [0.4, 0.5) is 5.69 Å². The van der Waals surface area contributed by atoms with Crippen LogP contribution in [-0.4, -0.2) is 65.7 Å². The number of benzene rings is 2. The quantitative estimate of drug-likeness (QED) is 0.409. The number of ether oxygens (including phenoxy) is 3. The minimum absolute atomic E-state index is 0.00704. The molecule has 8 nitrogen and oxygen atoms in total. The highest BCUT2D eigenvalue weighted by Gasteiger charge is 2.44. The first-order chi connectivity index (χ1) is 21.6. The van der Waals surface area contributed by atoms with E-state index >= 15 is 0 Å². The van der Waals surface area contributed by atoms with Gasteiger partial charge in [-0.2, -0.15) is 0 Å². The minimum atomic E-state index is -4.04. The van der Waals surface area contributed by atoms with Crippen molar-refractivity contribution in [3.8, 4) is 5.75 Å². The number of allylic oxidation sites excluding steroid dienone is 1. The average Bonchev–Trinajstić information content (AvgIpc) is 3.14.